The molecule has 0 unspecified atom stereocenters. The summed E-state index contributed by atoms with van der Waals surface area (Å²) in [6.07, 6.45) is -4.72. The molecule has 2 aliphatic heterocycles. The second-order valence-electron chi connectivity index (χ2n) is 9.95. The third-order valence-corrected chi connectivity index (χ3v) is 9.94. The number of rotatable bonds is 6. The van der Waals surface area contributed by atoms with Gasteiger partial charge in [0, 0.05) is 22.9 Å². The largest absolute Gasteiger partial charge is 0.418 e. The number of imide groups is 1. The molecule has 3 heterocycles. The number of hydrogen-bond acceptors (Lipinski definition) is 8. The topological polar surface area (TPSA) is 132 Å². The molecule has 0 bridgehead atoms. The summed E-state index contributed by atoms with van der Waals surface area (Å²) in [6.45, 7) is -0.628. The Morgan fingerprint density at radius 1 is 0.932 bits per heavy atom. The van der Waals surface area contributed by atoms with E-state index in [-0.39, 0.29) is 16.4 Å². The smallest absolute Gasteiger partial charge is 0.324 e. The van der Waals surface area contributed by atoms with Gasteiger partial charge in [-0.05, 0) is 29.8 Å². The van der Waals surface area contributed by atoms with E-state index in [0.717, 1.165) is 44.7 Å². The van der Waals surface area contributed by atoms with E-state index in [0.29, 0.717) is 10.4 Å². The summed E-state index contributed by atoms with van der Waals surface area (Å²) in [5, 5.41) is 12.6. The molecule has 2 aliphatic rings. The fraction of sp³-hybridized carbons (Fsp3) is 0.172. The molecule has 6 rings (SSSR count). The van der Waals surface area contributed by atoms with Gasteiger partial charge in [0.05, 0.1) is 32.8 Å². The molecule has 3 atom stereocenters. The number of halogens is 3. The number of carbonyl (C=O) groups is 3. The standard InChI is InChI=1S/C29H19F3N4O6S2/c30-29(31,32)18-8-4-5-9-19(18)33-20(37)14-34-27-24(44-28(34)40)21(15-6-2-1-3-7-15)22-23(43-27)26(39)35(25(22)38)16-10-12-17(13-11-16)36(41)42/h1-13,21-23H,14H2,(H,33,37)/t21-,22-,23+/m0/s1. The number of anilines is 2. The normalized spacial score (nSPS) is 19.4. The van der Waals surface area contributed by atoms with Gasteiger partial charge in [-0.15, -0.1) is 0 Å². The summed E-state index contributed by atoms with van der Waals surface area (Å²) in [7, 11) is 0. The number of fused-ring (bicyclic) bond motifs is 2. The molecule has 0 spiro atoms. The van der Waals surface area contributed by atoms with E-state index in [1.807, 2.05) is 0 Å². The van der Waals surface area contributed by atoms with Gasteiger partial charge in [0.25, 0.3) is 5.69 Å². The third kappa shape index (κ3) is 5.07. The van der Waals surface area contributed by atoms with Gasteiger partial charge < -0.3 is 5.32 Å². The van der Waals surface area contributed by atoms with Crippen LogP contribution in [0.3, 0.4) is 0 Å². The van der Waals surface area contributed by atoms with E-state index in [2.05, 4.69) is 5.32 Å². The number of para-hydroxylation sites is 1. The molecule has 3 amide bonds. The van der Waals surface area contributed by atoms with Gasteiger partial charge in [-0.25, -0.2) is 4.90 Å². The van der Waals surface area contributed by atoms with Crippen molar-refractivity contribution in [2.75, 3.05) is 10.2 Å². The molecule has 0 radical (unpaired) electrons. The molecule has 1 fully saturated rings. The molecule has 0 aliphatic carbocycles. The molecule has 10 nitrogen and oxygen atoms in total. The Labute approximate surface area is 254 Å². The lowest BCUT2D eigenvalue weighted by atomic mass is 9.83. The Balaban J connectivity index is 1.37. The van der Waals surface area contributed by atoms with Crippen LogP contribution in [-0.4, -0.2) is 32.5 Å². The highest BCUT2D eigenvalue weighted by molar-refractivity contribution is 8.00. The van der Waals surface area contributed by atoms with Crippen molar-refractivity contribution in [3.63, 3.8) is 0 Å². The Bertz CT molecular complexity index is 1870. The van der Waals surface area contributed by atoms with Crippen molar-refractivity contribution >= 4 is 57.9 Å². The lowest BCUT2D eigenvalue weighted by molar-refractivity contribution is -0.384. The van der Waals surface area contributed by atoms with Crippen molar-refractivity contribution in [1.29, 1.82) is 0 Å². The molecule has 224 valence electrons. The highest BCUT2D eigenvalue weighted by Crippen LogP contribution is 2.54. The fourth-order valence-electron chi connectivity index (χ4n) is 5.43. The van der Waals surface area contributed by atoms with Crippen LogP contribution in [0.2, 0.25) is 0 Å². The number of aromatic nitrogens is 1. The zero-order chi connectivity index (χ0) is 31.3. The van der Waals surface area contributed by atoms with Crippen molar-refractivity contribution in [2.24, 2.45) is 5.92 Å². The molecule has 1 saturated heterocycles. The second kappa shape index (κ2) is 11.1. The minimum Gasteiger partial charge on any atom is -0.324 e. The van der Waals surface area contributed by atoms with E-state index >= 15 is 0 Å². The van der Waals surface area contributed by atoms with Gasteiger partial charge in [0.15, 0.2) is 0 Å². The van der Waals surface area contributed by atoms with E-state index in [1.165, 1.54) is 36.4 Å². The van der Waals surface area contributed by atoms with Gasteiger partial charge in [-0.1, -0.05) is 65.6 Å². The number of thiazole rings is 1. The maximum absolute atomic E-state index is 13.9. The van der Waals surface area contributed by atoms with Crippen LogP contribution in [-0.2, 0) is 27.1 Å². The number of amides is 3. The summed E-state index contributed by atoms with van der Waals surface area (Å²) in [4.78, 5) is 65.2. The van der Waals surface area contributed by atoms with Gasteiger partial charge in [0.2, 0.25) is 17.7 Å². The van der Waals surface area contributed by atoms with Crippen LogP contribution in [0.15, 0.2) is 88.7 Å². The van der Waals surface area contributed by atoms with Crippen LogP contribution in [0, 0.1) is 16.0 Å². The van der Waals surface area contributed by atoms with Gasteiger partial charge >= 0.3 is 11.0 Å². The second-order valence-corrected chi connectivity index (χ2v) is 12.1. The molecule has 44 heavy (non-hydrogen) atoms. The number of alkyl halides is 3. The first kappa shape index (κ1) is 29.3. The van der Waals surface area contributed by atoms with Crippen LogP contribution in [0.25, 0.3) is 0 Å². The fourth-order valence-corrected chi connectivity index (χ4v) is 8.20. The van der Waals surface area contributed by atoms with E-state index in [4.69, 9.17) is 0 Å². The van der Waals surface area contributed by atoms with Crippen LogP contribution < -0.4 is 15.1 Å². The Kier molecular flexibility index (Phi) is 7.37. The summed E-state index contributed by atoms with van der Waals surface area (Å²) in [5.74, 6) is -3.71. The van der Waals surface area contributed by atoms with Crippen LogP contribution in [0.1, 0.15) is 21.9 Å². The predicted octanol–water partition coefficient (Wildman–Crippen LogP) is 5.27. The number of hydrogen-bond donors (Lipinski definition) is 1. The molecule has 1 N–H and O–H groups in total. The van der Waals surface area contributed by atoms with Crippen LogP contribution >= 0.6 is 23.1 Å². The maximum atomic E-state index is 13.9. The highest BCUT2D eigenvalue weighted by Gasteiger charge is 2.56. The summed E-state index contributed by atoms with van der Waals surface area (Å²) < 4.78 is 41.5. The molecular formula is C29H19F3N4O6S2. The maximum Gasteiger partial charge on any atom is 0.418 e. The Hall–Kier alpha value is -4.76. The summed E-state index contributed by atoms with van der Waals surface area (Å²) in [5.41, 5.74) is -0.934. The number of nitro groups is 1. The minimum absolute atomic E-state index is 0.149. The van der Waals surface area contributed by atoms with E-state index in [9.17, 15) is 42.5 Å². The predicted molar refractivity (Wildman–Crippen MR) is 156 cm³/mol. The number of nitrogens with zero attached hydrogens (tertiary/aromatic N) is 3. The quantitative estimate of drug-likeness (QED) is 0.173. The number of thioether (sulfide) groups is 1. The average molecular weight is 641 g/mol. The van der Waals surface area contributed by atoms with Crippen molar-refractivity contribution in [3.8, 4) is 0 Å². The number of non-ortho nitro benzene ring substituents is 1. The molecule has 0 saturated carbocycles. The van der Waals surface area contributed by atoms with Crippen molar-refractivity contribution in [1.82, 2.24) is 4.57 Å². The SMILES string of the molecule is O=C(Cn1c2c(sc1=O)[C@@H](c1ccccc1)[C@@H]1C(=O)N(c3ccc([N+](=O)[O-])cc3)C(=O)[C@@H]1S2)Nc1ccccc1C(F)(F)F. The summed E-state index contributed by atoms with van der Waals surface area (Å²) in [6, 6.07) is 18.2. The van der Waals surface area contributed by atoms with Gasteiger partial charge in [-0.2, -0.15) is 13.2 Å². The number of carbonyl (C=O) groups excluding carboxylic acids is 3. The van der Waals surface area contributed by atoms with Crippen LogP contribution in [0.4, 0.5) is 30.2 Å². The van der Waals surface area contributed by atoms with Gasteiger partial charge in [-0.3, -0.25) is 33.9 Å². The molecular weight excluding hydrogens is 621 g/mol. The lowest BCUT2D eigenvalue weighted by Crippen LogP contribution is -2.33. The average Bonchev–Trinajstić information content (AvgIpc) is 3.43. The van der Waals surface area contributed by atoms with Crippen molar-refractivity contribution < 1.29 is 32.5 Å². The third-order valence-electron chi connectivity index (χ3n) is 7.33. The Morgan fingerprint density at radius 2 is 1.59 bits per heavy atom. The first-order chi connectivity index (χ1) is 21.0. The zero-order valence-corrected chi connectivity index (χ0v) is 23.8. The lowest BCUT2D eigenvalue weighted by Gasteiger charge is -2.30. The molecule has 1 aromatic heterocycles. The monoisotopic (exact) mass is 640 g/mol. The molecule has 3 aromatic carbocycles. The molecule has 4 aromatic rings. The van der Waals surface area contributed by atoms with Crippen molar-refractivity contribution in [3.05, 3.63) is 115 Å². The number of nitrogens with one attached hydrogen (secondary N) is 1. The van der Waals surface area contributed by atoms with E-state index < -0.39 is 68.6 Å². The first-order valence-corrected chi connectivity index (χ1v) is 14.7. The highest BCUT2D eigenvalue weighted by atomic mass is 32.2. The minimum atomic E-state index is -4.72. The Morgan fingerprint density at radius 3 is 2.25 bits per heavy atom. The van der Waals surface area contributed by atoms with E-state index in [1.54, 1.807) is 30.3 Å². The number of nitro benzene ring substituents is 1. The number of benzene rings is 3. The molecule has 15 heteroatoms. The van der Waals surface area contributed by atoms with Crippen molar-refractivity contribution in [2.45, 2.75) is 28.9 Å². The zero-order valence-electron chi connectivity index (χ0n) is 22.2. The van der Waals surface area contributed by atoms with Crippen LogP contribution in [0.5, 0.6) is 0 Å². The van der Waals surface area contributed by atoms with Gasteiger partial charge in [0.1, 0.15) is 11.8 Å². The first-order valence-electron chi connectivity index (χ1n) is 13.0. The summed E-state index contributed by atoms with van der Waals surface area (Å²) >= 11 is 1.74.